The first-order chi connectivity index (χ1) is 7.67. The van der Waals surface area contributed by atoms with Crippen LogP contribution in [0.1, 0.15) is 30.6 Å². The molecule has 0 fully saturated rings. The average molecular weight is 221 g/mol. The Morgan fingerprint density at radius 3 is 2.44 bits per heavy atom. The predicted molar refractivity (Wildman–Crippen MR) is 66.0 cm³/mol. The highest BCUT2D eigenvalue weighted by atomic mass is 16.5. The molecule has 3 heteroatoms. The smallest absolute Gasteiger partial charge is 0.159 e. The summed E-state index contributed by atoms with van der Waals surface area (Å²) in [6.07, 6.45) is 1.00. The Hall–Kier alpha value is -1.35. The molecule has 1 rings (SSSR count). The van der Waals surface area contributed by atoms with Gasteiger partial charge < -0.3 is 10.1 Å². The second-order valence-corrected chi connectivity index (χ2v) is 3.84. The van der Waals surface area contributed by atoms with E-state index in [9.17, 15) is 4.79 Å². The fraction of sp³-hybridized carbons (Fsp3) is 0.462. The Kier molecular flexibility index (Phi) is 4.99. The molecule has 0 aliphatic heterocycles. The average Bonchev–Trinajstić information content (AvgIpc) is 2.29. The Balaban J connectivity index is 2.63. The van der Waals surface area contributed by atoms with Gasteiger partial charge in [0.25, 0.3) is 0 Å². The van der Waals surface area contributed by atoms with E-state index >= 15 is 0 Å². The molecule has 0 heterocycles. The number of hydrogen-bond acceptors (Lipinski definition) is 3. The second-order valence-electron chi connectivity index (χ2n) is 3.84. The molecular weight excluding hydrogens is 202 g/mol. The Morgan fingerprint density at radius 1 is 1.38 bits per heavy atom. The molecule has 88 valence electrons. The van der Waals surface area contributed by atoms with E-state index in [1.807, 2.05) is 24.3 Å². The van der Waals surface area contributed by atoms with Gasteiger partial charge in [0.2, 0.25) is 0 Å². The summed E-state index contributed by atoms with van der Waals surface area (Å²) in [6.45, 7) is 4.37. The lowest BCUT2D eigenvalue weighted by Gasteiger charge is -2.17. The fourth-order valence-corrected chi connectivity index (χ4v) is 1.50. The molecule has 0 aliphatic carbocycles. The third kappa shape index (κ3) is 3.66. The maximum Gasteiger partial charge on any atom is 0.159 e. The SMILES string of the molecule is CCC(COC)Nc1ccc(C(C)=O)cc1. The zero-order valence-electron chi connectivity index (χ0n) is 10.1. The number of carbonyl (C=O) groups excluding carboxylic acids is 1. The van der Waals surface area contributed by atoms with E-state index < -0.39 is 0 Å². The highest BCUT2D eigenvalue weighted by Crippen LogP contribution is 2.12. The van der Waals surface area contributed by atoms with Gasteiger partial charge >= 0.3 is 0 Å². The number of anilines is 1. The number of rotatable bonds is 6. The molecule has 0 radical (unpaired) electrons. The van der Waals surface area contributed by atoms with Crippen LogP contribution < -0.4 is 5.32 Å². The summed E-state index contributed by atoms with van der Waals surface area (Å²) in [7, 11) is 1.70. The number of hydrogen-bond donors (Lipinski definition) is 1. The largest absolute Gasteiger partial charge is 0.383 e. The van der Waals surface area contributed by atoms with Crippen molar-refractivity contribution >= 4 is 11.5 Å². The number of carbonyl (C=O) groups is 1. The number of ether oxygens (including phenoxy) is 1. The maximum absolute atomic E-state index is 11.1. The molecule has 1 unspecified atom stereocenters. The summed E-state index contributed by atoms with van der Waals surface area (Å²) in [4.78, 5) is 11.1. The monoisotopic (exact) mass is 221 g/mol. The van der Waals surface area contributed by atoms with Crippen LogP contribution in [0.4, 0.5) is 5.69 Å². The van der Waals surface area contributed by atoms with Crippen molar-refractivity contribution < 1.29 is 9.53 Å². The van der Waals surface area contributed by atoms with Crippen LogP contribution in [0.5, 0.6) is 0 Å². The molecule has 1 aromatic carbocycles. The minimum absolute atomic E-state index is 0.0930. The van der Waals surface area contributed by atoms with Gasteiger partial charge in [0.05, 0.1) is 6.61 Å². The first kappa shape index (κ1) is 12.7. The molecule has 0 saturated carbocycles. The minimum Gasteiger partial charge on any atom is -0.383 e. The zero-order valence-corrected chi connectivity index (χ0v) is 10.1. The van der Waals surface area contributed by atoms with Crippen LogP contribution in [0.2, 0.25) is 0 Å². The van der Waals surface area contributed by atoms with Crippen molar-refractivity contribution in [3.05, 3.63) is 29.8 Å². The summed E-state index contributed by atoms with van der Waals surface area (Å²) < 4.78 is 5.11. The first-order valence-corrected chi connectivity index (χ1v) is 5.53. The van der Waals surface area contributed by atoms with Crippen molar-refractivity contribution in [2.45, 2.75) is 26.3 Å². The van der Waals surface area contributed by atoms with E-state index in [0.29, 0.717) is 12.6 Å². The molecule has 0 aliphatic rings. The normalized spacial score (nSPS) is 12.2. The highest BCUT2D eigenvalue weighted by Gasteiger charge is 2.05. The standard InChI is InChI=1S/C13H19NO2/c1-4-12(9-16-3)14-13-7-5-11(6-8-13)10(2)15/h5-8,12,14H,4,9H2,1-3H3. The number of methoxy groups -OCH3 is 1. The third-order valence-electron chi connectivity index (χ3n) is 2.52. The highest BCUT2D eigenvalue weighted by molar-refractivity contribution is 5.94. The van der Waals surface area contributed by atoms with E-state index in [1.165, 1.54) is 0 Å². The molecule has 1 atom stereocenters. The second kappa shape index (κ2) is 6.28. The Labute approximate surface area is 96.8 Å². The van der Waals surface area contributed by atoms with Gasteiger partial charge in [-0.3, -0.25) is 4.79 Å². The van der Waals surface area contributed by atoms with E-state index in [2.05, 4.69) is 12.2 Å². The molecule has 0 saturated heterocycles. The lowest BCUT2D eigenvalue weighted by molar-refractivity contribution is 0.101. The van der Waals surface area contributed by atoms with Crippen LogP contribution in [-0.2, 0) is 4.74 Å². The van der Waals surface area contributed by atoms with Crippen molar-refractivity contribution in [3.63, 3.8) is 0 Å². The predicted octanol–water partition coefficient (Wildman–Crippen LogP) is 2.73. The van der Waals surface area contributed by atoms with Gasteiger partial charge in [0.1, 0.15) is 0 Å². The van der Waals surface area contributed by atoms with E-state index in [1.54, 1.807) is 14.0 Å². The quantitative estimate of drug-likeness (QED) is 0.751. The third-order valence-corrected chi connectivity index (χ3v) is 2.52. The lowest BCUT2D eigenvalue weighted by atomic mass is 10.1. The van der Waals surface area contributed by atoms with Gasteiger partial charge in [0, 0.05) is 24.4 Å². The molecule has 1 aromatic rings. The van der Waals surface area contributed by atoms with Gasteiger partial charge in [-0.05, 0) is 37.6 Å². The summed E-state index contributed by atoms with van der Waals surface area (Å²) in [5.41, 5.74) is 1.76. The van der Waals surface area contributed by atoms with Crippen molar-refractivity contribution in [2.24, 2.45) is 0 Å². The molecule has 0 bridgehead atoms. The van der Waals surface area contributed by atoms with Gasteiger partial charge in [-0.25, -0.2) is 0 Å². The van der Waals surface area contributed by atoms with Crippen LogP contribution >= 0.6 is 0 Å². The number of nitrogens with one attached hydrogen (secondary N) is 1. The van der Waals surface area contributed by atoms with Crippen molar-refractivity contribution in [1.82, 2.24) is 0 Å². The van der Waals surface area contributed by atoms with Gasteiger partial charge in [-0.15, -0.1) is 0 Å². The summed E-state index contributed by atoms with van der Waals surface area (Å²) in [5.74, 6) is 0.0930. The lowest BCUT2D eigenvalue weighted by Crippen LogP contribution is -2.23. The van der Waals surface area contributed by atoms with Gasteiger partial charge in [-0.1, -0.05) is 6.92 Å². The van der Waals surface area contributed by atoms with Crippen LogP contribution in [0.25, 0.3) is 0 Å². The van der Waals surface area contributed by atoms with E-state index in [4.69, 9.17) is 4.74 Å². The van der Waals surface area contributed by atoms with Crippen LogP contribution in [0.3, 0.4) is 0 Å². The van der Waals surface area contributed by atoms with Gasteiger partial charge in [0.15, 0.2) is 5.78 Å². The maximum atomic E-state index is 11.1. The van der Waals surface area contributed by atoms with E-state index in [0.717, 1.165) is 17.7 Å². The van der Waals surface area contributed by atoms with Crippen LogP contribution in [0, 0.1) is 0 Å². The molecule has 3 nitrogen and oxygen atoms in total. The first-order valence-electron chi connectivity index (χ1n) is 5.53. The van der Waals surface area contributed by atoms with E-state index in [-0.39, 0.29) is 5.78 Å². The number of benzene rings is 1. The summed E-state index contributed by atoms with van der Waals surface area (Å²) >= 11 is 0. The topological polar surface area (TPSA) is 38.3 Å². The molecular formula is C13H19NO2. The van der Waals surface area contributed by atoms with Crippen LogP contribution in [0.15, 0.2) is 24.3 Å². The molecule has 0 aromatic heterocycles. The summed E-state index contributed by atoms with van der Waals surface area (Å²) in [6, 6.07) is 7.84. The number of ketones is 1. The molecule has 0 spiro atoms. The summed E-state index contributed by atoms with van der Waals surface area (Å²) in [5, 5.41) is 3.36. The van der Waals surface area contributed by atoms with Crippen molar-refractivity contribution in [1.29, 1.82) is 0 Å². The number of Topliss-reactive ketones (excluding diaryl/α,β-unsaturated/α-hetero) is 1. The van der Waals surface area contributed by atoms with Crippen molar-refractivity contribution in [3.8, 4) is 0 Å². The zero-order chi connectivity index (χ0) is 12.0. The minimum atomic E-state index is 0.0930. The van der Waals surface area contributed by atoms with Crippen LogP contribution in [-0.4, -0.2) is 25.5 Å². The molecule has 16 heavy (non-hydrogen) atoms. The molecule has 0 amide bonds. The molecule has 1 N–H and O–H groups in total. The Bertz CT molecular complexity index is 332. The fourth-order valence-electron chi connectivity index (χ4n) is 1.50. The Morgan fingerprint density at radius 2 is 2.00 bits per heavy atom. The van der Waals surface area contributed by atoms with Gasteiger partial charge in [-0.2, -0.15) is 0 Å². The van der Waals surface area contributed by atoms with Crippen molar-refractivity contribution in [2.75, 3.05) is 19.0 Å².